The molecule has 6 heteroatoms. The first-order chi connectivity index (χ1) is 6.36. The molecule has 0 aromatic heterocycles. The predicted molar refractivity (Wildman–Crippen MR) is 43.4 cm³/mol. The molecular weight excluding hydrogens is 218 g/mol. The number of thiol groups is 1. The van der Waals surface area contributed by atoms with Gasteiger partial charge in [0.2, 0.25) is 0 Å². The lowest BCUT2D eigenvalue weighted by molar-refractivity contribution is -0.138. The van der Waals surface area contributed by atoms with Crippen LogP contribution in [0.15, 0.2) is 17.0 Å². The first-order valence-electron chi connectivity index (χ1n) is 3.36. The zero-order chi connectivity index (χ0) is 10.9. The second kappa shape index (κ2) is 3.50. The van der Waals surface area contributed by atoms with Crippen LogP contribution in [0.2, 0.25) is 0 Å². The summed E-state index contributed by atoms with van der Waals surface area (Å²) in [6.45, 7) is 0. The molecular formula is C8H3F4NS. The maximum Gasteiger partial charge on any atom is 0.417 e. The van der Waals surface area contributed by atoms with E-state index in [4.69, 9.17) is 5.26 Å². The normalized spacial score (nSPS) is 11.1. The first kappa shape index (κ1) is 10.9. The van der Waals surface area contributed by atoms with Gasteiger partial charge in [0.1, 0.15) is 11.9 Å². The van der Waals surface area contributed by atoms with Crippen LogP contribution in [0, 0.1) is 17.1 Å². The van der Waals surface area contributed by atoms with E-state index in [1.165, 1.54) is 6.07 Å². The van der Waals surface area contributed by atoms with Gasteiger partial charge in [0.25, 0.3) is 0 Å². The van der Waals surface area contributed by atoms with Crippen LogP contribution in [0.4, 0.5) is 17.6 Å². The van der Waals surface area contributed by atoms with Crippen LogP contribution in [0.5, 0.6) is 0 Å². The van der Waals surface area contributed by atoms with Crippen molar-refractivity contribution in [1.82, 2.24) is 0 Å². The molecule has 0 aliphatic heterocycles. The van der Waals surface area contributed by atoms with E-state index >= 15 is 0 Å². The molecule has 0 bridgehead atoms. The molecule has 1 nitrogen and oxygen atoms in total. The lowest BCUT2D eigenvalue weighted by Gasteiger charge is -2.09. The summed E-state index contributed by atoms with van der Waals surface area (Å²) in [4.78, 5) is -0.172. The van der Waals surface area contributed by atoms with E-state index in [1.54, 1.807) is 0 Å². The molecule has 0 atom stereocenters. The Morgan fingerprint density at radius 2 is 1.86 bits per heavy atom. The van der Waals surface area contributed by atoms with Crippen molar-refractivity contribution in [2.45, 2.75) is 11.1 Å². The van der Waals surface area contributed by atoms with Gasteiger partial charge in [-0.3, -0.25) is 0 Å². The highest BCUT2D eigenvalue weighted by atomic mass is 32.1. The first-order valence-corrected chi connectivity index (χ1v) is 3.81. The molecule has 14 heavy (non-hydrogen) atoms. The fourth-order valence-electron chi connectivity index (χ4n) is 0.930. The Kier molecular flexibility index (Phi) is 2.71. The highest BCUT2D eigenvalue weighted by molar-refractivity contribution is 7.80. The van der Waals surface area contributed by atoms with Crippen molar-refractivity contribution in [2.24, 2.45) is 0 Å². The number of alkyl halides is 3. The largest absolute Gasteiger partial charge is 0.417 e. The Morgan fingerprint density at radius 1 is 1.29 bits per heavy atom. The summed E-state index contributed by atoms with van der Waals surface area (Å²) >= 11 is 3.59. The van der Waals surface area contributed by atoms with Crippen LogP contribution >= 0.6 is 12.6 Å². The smallest absolute Gasteiger partial charge is 0.205 e. The minimum atomic E-state index is -4.75. The molecule has 1 aromatic carbocycles. The van der Waals surface area contributed by atoms with Gasteiger partial charge in [0.05, 0.1) is 11.1 Å². The van der Waals surface area contributed by atoms with Crippen molar-refractivity contribution in [3.05, 3.63) is 29.1 Å². The summed E-state index contributed by atoms with van der Waals surface area (Å²) in [6, 6.07) is 2.55. The van der Waals surface area contributed by atoms with Crippen LogP contribution in [0.3, 0.4) is 0 Å². The standard InChI is InChI=1S/C8H3F4NS/c9-7-2-4(14)1-6(5(7)3-13)8(10,11)12/h1-2,14H. The molecule has 0 spiro atoms. The fraction of sp³-hybridized carbons (Fsp3) is 0.125. The number of nitriles is 1. The zero-order valence-corrected chi connectivity index (χ0v) is 7.46. The fourth-order valence-corrected chi connectivity index (χ4v) is 1.17. The van der Waals surface area contributed by atoms with Gasteiger partial charge in [0.15, 0.2) is 0 Å². The van der Waals surface area contributed by atoms with E-state index < -0.39 is 23.1 Å². The van der Waals surface area contributed by atoms with E-state index in [0.29, 0.717) is 6.07 Å². The van der Waals surface area contributed by atoms with Gasteiger partial charge in [-0.25, -0.2) is 4.39 Å². The quantitative estimate of drug-likeness (QED) is 0.528. The van der Waals surface area contributed by atoms with Gasteiger partial charge in [0, 0.05) is 4.90 Å². The van der Waals surface area contributed by atoms with Gasteiger partial charge in [-0.05, 0) is 12.1 Å². The van der Waals surface area contributed by atoms with E-state index in [2.05, 4.69) is 12.6 Å². The molecule has 0 saturated carbocycles. The van der Waals surface area contributed by atoms with Crippen LogP contribution in [-0.2, 0) is 6.18 Å². The van der Waals surface area contributed by atoms with Gasteiger partial charge in [-0.2, -0.15) is 18.4 Å². The van der Waals surface area contributed by atoms with Gasteiger partial charge < -0.3 is 0 Å². The van der Waals surface area contributed by atoms with Crippen LogP contribution in [0.25, 0.3) is 0 Å². The molecule has 0 heterocycles. The molecule has 0 N–H and O–H groups in total. The lowest BCUT2D eigenvalue weighted by Crippen LogP contribution is -2.09. The minimum absolute atomic E-state index is 0.172. The highest BCUT2D eigenvalue weighted by Gasteiger charge is 2.35. The van der Waals surface area contributed by atoms with Crippen LogP contribution in [-0.4, -0.2) is 0 Å². The highest BCUT2D eigenvalue weighted by Crippen LogP contribution is 2.34. The van der Waals surface area contributed by atoms with Crippen molar-refractivity contribution in [2.75, 3.05) is 0 Å². The van der Waals surface area contributed by atoms with E-state index in [1.807, 2.05) is 0 Å². The van der Waals surface area contributed by atoms with Crippen LogP contribution in [0.1, 0.15) is 11.1 Å². The Labute approximate surface area is 82.4 Å². The minimum Gasteiger partial charge on any atom is -0.205 e. The predicted octanol–water partition coefficient (Wildman–Crippen LogP) is 3.00. The monoisotopic (exact) mass is 221 g/mol. The van der Waals surface area contributed by atoms with Crippen molar-refractivity contribution < 1.29 is 17.6 Å². The molecule has 74 valence electrons. The van der Waals surface area contributed by atoms with Gasteiger partial charge >= 0.3 is 6.18 Å². The van der Waals surface area contributed by atoms with Crippen molar-refractivity contribution in [3.8, 4) is 6.07 Å². The molecule has 0 amide bonds. The Balaban J connectivity index is 3.50. The average molecular weight is 221 g/mol. The second-order valence-electron chi connectivity index (χ2n) is 2.46. The molecule has 0 aliphatic carbocycles. The maximum atomic E-state index is 12.9. The third-order valence-corrected chi connectivity index (χ3v) is 1.75. The third kappa shape index (κ3) is 1.99. The Hall–Kier alpha value is -1.22. The van der Waals surface area contributed by atoms with Crippen molar-refractivity contribution in [3.63, 3.8) is 0 Å². The zero-order valence-electron chi connectivity index (χ0n) is 6.56. The molecule has 1 rings (SSSR count). The molecule has 1 aromatic rings. The summed E-state index contributed by atoms with van der Waals surface area (Å²) < 4.78 is 49.6. The third-order valence-electron chi connectivity index (χ3n) is 1.49. The summed E-state index contributed by atoms with van der Waals surface area (Å²) in [5, 5.41) is 8.34. The molecule has 0 radical (unpaired) electrons. The average Bonchev–Trinajstić information content (AvgIpc) is 2.01. The van der Waals surface area contributed by atoms with Crippen LogP contribution < -0.4 is 0 Å². The Morgan fingerprint density at radius 3 is 2.29 bits per heavy atom. The summed E-state index contributed by atoms with van der Waals surface area (Å²) in [7, 11) is 0. The lowest BCUT2D eigenvalue weighted by atomic mass is 10.1. The van der Waals surface area contributed by atoms with E-state index in [9.17, 15) is 17.6 Å². The van der Waals surface area contributed by atoms with E-state index in [0.717, 1.165) is 6.07 Å². The number of hydrogen-bond donors (Lipinski definition) is 1. The molecule has 0 aliphatic rings. The maximum absolute atomic E-state index is 12.9. The molecule has 0 fully saturated rings. The number of halogens is 4. The topological polar surface area (TPSA) is 23.8 Å². The van der Waals surface area contributed by atoms with E-state index in [-0.39, 0.29) is 4.90 Å². The van der Waals surface area contributed by atoms with Crippen molar-refractivity contribution in [1.29, 1.82) is 5.26 Å². The SMILES string of the molecule is N#Cc1c(F)cc(S)cc1C(F)(F)F. The second-order valence-corrected chi connectivity index (χ2v) is 2.98. The summed E-state index contributed by atoms with van der Waals surface area (Å²) in [6.07, 6.45) is -4.75. The number of benzene rings is 1. The number of hydrogen-bond acceptors (Lipinski definition) is 2. The molecule has 0 unspecified atom stereocenters. The summed E-state index contributed by atoms with van der Waals surface area (Å²) in [5.74, 6) is -1.22. The summed E-state index contributed by atoms with van der Waals surface area (Å²) in [5.41, 5.74) is -2.31. The van der Waals surface area contributed by atoms with Crippen molar-refractivity contribution >= 4 is 12.6 Å². The number of nitrogens with zero attached hydrogens (tertiary/aromatic N) is 1. The van der Waals surface area contributed by atoms with Gasteiger partial charge in [-0.15, -0.1) is 12.6 Å². The number of rotatable bonds is 0. The Bertz CT molecular complexity index is 405. The molecule has 0 saturated heterocycles. The van der Waals surface area contributed by atoms with Gasteiger partial charge in [-0.1, -0.05) is 0 Å².